The van der Waals surface area contributed by atoms with Crippen molar-refractivity contribution in [3.63, 3.8) is 0 Å². The normalized spacial score (nSPS) is 12.7. The topological polar surface area (TPSA) is 71.7 Å². The van der Waals surface area contributed by atoms with E-state index < -0.39 is 0 Å². The monoisotopic (exact) mass is 731 g/mol. The second kappa shape index (κ2) is 13.7. The molecule has 5 aromatic carbocycles. The van der Waals surface area contributed by atoms with Gasteiger partial charge in [0, 0.05) is 40.2 Å². The molecule has 0 N–H and O–H groups in total. The van der Waals surface area contributed by atoms with E-state index in [2.05, 4.69) is 148 Å². The number of ether oxygens (including phenoxy) is 1. The van der Waals surface area contributed by atoms with E-state index in [-0.39, 0.29) is 5.41 Å². The third-order valence-corrected chi connectivity index (χ3v) is 10.1. The molecule has 8 nitrogen and oxygen atoms in total. The smallest absolute Gasteiger partial charge is 0.456 e. The molecule has 0 atom stereocenters. The average molecular weight is 732 g/mol. The van der Waals surface area contributed by atoms with E-state index >= 15 is 0 Å². The van der Waals surface area contributed by atoms with Crippen LogP contribution in [0, 0.1) is 13.8 Å². The number of fused-ring (bicyclic) bond motifs is 3. The fourth-order valence-electron chi connectivity index (χ4n) is 7.04. The summed E-state index contributed by atoms with van der Waals surface area (Å²) >= 11 is 0. The third-order valence-electron chi connectivity index (χ3n) is 10.1. The molecule has 0 aliphatic carbocycles. The van der Waals surface area contributed by atoms with Crippen LogP contribution in [0.2, 0.25) is 0 Å². The van der Waals surface area contributed by atoms with E-state index in [0.29, 0.717) is 29.0 Å². The van der Waals surface area contributed by atoms with Crippen molar-refractivity contribution in [3.8, 4) is 51.5 Å². The first kappa shape index (κ1) is 34.7. The van der Waals surface area contributed by atoms with Crippen LogP contribution in [0.4, 0.5) is 5.69 Å². The van der Waals surface area contributed by atoms with Gasteiger partial charge in [-0.3, -0.25) is 4.57 Å². The molecule has 0 bridgehead atoms. The Hall–Kier alpha value is -7.02. The number of aryl methyl sites for hydroxylation is 2. The Morgan fingerprint density at radius 1 is 0.643 bits per heavy atom. The summed E-state index contributed by atoms with van der Waals surface area (Å²) in [7, 11) is 1.97. The highest BCUT2D eigenvalue weighted by Crippen LogP contribution is 2.42. The third kappa shape index (κ3) is 6.57. The zero-order valence-corrected chi connectivity index (χ0v) is 32.3. The van der Waals surface area contributed by atoms with Gasteiger partial charge in [0.2, 0.25) is 11.9 Å². The highest BCUT2D eigenvalue weighted by molar-refractivity contribution is 6.11. The first-order valence-corrected chi connectivity index (χ1v) is 18.8. The van der Waals surface area contributed by atoms with Gasteiger partial charge in [-0.25, -0.2) is 19.9 Å². The molecule has 9 rings (SSSR count). The fourth-order valence-corrected chi connectivity index (χ4v) is 7.04. The Kier molecular flexibility index (Phi) is 8.48. The van der Waals surface area contributed by atoms with E-state index in [1.807, 2.05) is 53.0 Å². The predicted molar refractivity (Wildman–Crippen MR) is 223 cm³/mol. The highest BCUT2D eigenvalue weighted by atomic mass is 16.5. The zero-order valence-electron chi connectivity index (χ0n) is 32.3. The molecular weight excluding hydrogens is 691 g/mol. The van der Waals surface area contributed by atoms with Crippen molar-refractivity contribution in [3.05, 3.63) is 157 Å². The van der Waals surface area contributed by atoms with Crippen LogP contribution in [0.1, 0.15) is 37.5 Å². The molecule has 4 heterocycles. The number of benzene rings is 5. The minimum atomic E-state index is -0.151. The first-order chi connectivity index (χ1) is 27.1. The molecule has 8 aromatic rings. The van der Waals surface area contributed by atoms with Crippen LogP contribution in [0.3, 0.4) is 0 Å². The van der Waals surface area contributed by atoms with Gasteiger partial charge >= 0.3 is 6.01 Å². The Bertz CT molecular complexity index is 2850. The predicted octanol–water partition coefficient (Wildman–Crippen LogP) is 11.0. The molecule has 0 unspecified atom stereocenters. The summed E-state index contributed by atoms with van der Waals surface area (Å²) in [5, 5.41) is 2.11. The van der Waals surface area contributed by atoms with E-state index in [1.165, 1.54) is 0 Å². The number of para-hydroxylation sites is 1. The van der Waals surface area contributed by atoms with Crippen LogP contribution in [-0.2, 0) is 5.41 Å². The molecule has 0 radical (unpaired) electrons. The second-order valence-corrected chi connectivity index (χ2v) is 15.4. The molecule has 3 aromatic heterocycles. The van der Waals surface area contributed by atoms with Crippen molar-refractivity contribution in [2.24, 2.45) is 0 Å². The summed E-state index contributed by atoms with van der Waals surface area (Å²) in [6, 6.07) is 44.9. The zero-order chi connectivity index (χ0) is 38.6. The summed E-state index contributed by atoms with van der Waals surface area (Å²) in [5.74, 6) is 3.78. The largest absolute Gasteiger partial charge is 0.495 e. The van der Waals surface area contributed by atoms with Gasteiger partial charge in [-0.1, -0.05) is 114 Å². The van der Waals surface area contributed by atoms with Gasteiger partial charge < -0.3 is 4.74 Å². The van der Waals surface area contributed by atoms with Crippen LogP contribution in [-0.4, -0.2) is 46.7 Å². The number of aromatic nitrogens is 5. The summed E-state index contributed by atoms with van der Waals surface area (Å²) < 4.78 is 13.2. The summed E-state index contributed by atoms with van der Waals surface area (Å²) in [6.45, 7) is 10.8. The van der Waals surface area contributed by atoms with Crippen molar-refractivity contribution in [2.45, 2.75) is 40.0 Å². The van der Waals surface area contributed by atoms with E-state index in [0.717, 1.165) is 66.7 Å². The van der Waals surface area contributed by atoms with Crippen molar-refractivity contribution in [2.75, 3.05) is 7.05 Å². The summed E-state index contributed by atoms with van der Waals surface area (Å²) in [6.07, 6.45) is 5.80. The minimum absolute atomic E-state index is 0.151. The quantitative estimate of drug-likeness (QED) is 0.153. The Morgan fingerprint density at radius 2 is 1.30 bits per heavy atom. The van der Waals surface area contributed by atoms with Gasteiger partial charge in [-0.05, 0) is 55.2 Å². The Balaban J connectivity index is 1.33. The lowest BCUT2D eigenvalue weighted by Crippen LogP contribution is -2.11. The highest BCUT2D eigenvalue weighted by Gasteiger charge is 2.25. The fraction of sp³-hybridized carbons (Fsp3) is 0.146. The van der Waals surface area contributed by atoms with Crippen molar-refractivity contribution in [1.29, 1.82) is 0 Å². The van der Waals surface area contributed by atoms with Gasteiger partial charge in [0.15, 0.2) is 24.5 Å². The van der Waals surface area contributed by atoms with Crippen LogP contribution in [0.25, 0.3) is 61.8 Å². The Morgan fingerprint density at radius 3 is 1.93 bits per heavy atom. The maximum atomic E-state index is 7.12. The van der Waals surface area contributed by atoms with Crippen LogP contribution in [0.5, 0.6) is 11.5 Å². The molecule has 0 amide bonds. The lowest BCUT2D eigenvalue weighted by atomic mass is 9.86. The van der Waals surface area contributed by atoms with Crippen LogP contribution >= 0.6 is 0 Å². The van der Waals surface area contributed by atoms with Crippen LogP contribution < -0.4 is 4.74 Å². The van der Waals surface area contributed by atoms with Gasteiger partial charge in [-0.15, -0.1) is 0 Å². The molecule has 0 spiro atoms. The lowest BCUT2D eigenvalue weighted by molar-refractivity contribution is -0.429. The molecule has 1 aliphatic heterocycles. The van der Waals surface area contributed by atoms with Crippen LogP contribution in [0.15, 0.2) is 140 Å². The molecule has 0 fully saturated rings. The number of hydrogen-bond acceptors (Lipinski definition) is 5. The number of pyridine rings is 1. The van der Waals surface area contributed by atoms with E-state index in [1.54, 1.807) is 0 Å². The van der Waals surface area contributed by atoms with E-state index in [4.69, 9.17) is 24.7 Å². The van der Waals surface area contributed by atoms with Crippen molar-refractivity contribution in [1.82, 2.24) is 24.5 Å². The molecule has 0 saturated carbocycles. The second-order valence-electron chi connectivity index (χ2n) is 15.4. The number of nitrogens with zero attached hydrogens (tertiary/aromatic N) is 7. The molecule has 56 heavy (non-hydrogen) atoms. The van der Waals surface area contributed by atoms with Crippen molar-refractivity contribution >= 4 is 33.5 Å². The number of rotatable bonds is 7. The lowest BCUT2D eigenvalue weighted by Gasteiger charge is -2.20. The maximum Gasteiger partial charge on any atom is 0.495 e. The van der Waals surface area contributed by atoms with Gasteiger partial charge in [0.1, 0.15) is 17.3 Å². The molecule has 8 heteroatoms. The SMILES string of the molecule is Cc1ccc(-c2nc(-c3ccc(C)cc3)nc(-c3cc4c5ccccc5n(-c5ccccn5)c4cc3Oc3cc([N+]4=C=[N+](C)C=C4)cc(C(C)(C)C)c3)n2)cc1. The average Bonchev–Trinajstić information content (AvgIpc) is 3.78. The summed E-state index contributed by atoms with van der Waals surface area (Å²) in [5.41, 5.74) is 8.79. The summed E-state index contributed by atoms with van der Waals surface area (Å²) in [4.78, 5) is 20.2. The van der Waals surface area contributed by atoms with Crippen molar-refractivity contribution < 1.29 is 13.9 Å². The van der Waals surface area contributed by atoms with Gasteiger partial charge in [0.25, 0.3) is 6.20 Å². The van der Waals surface area contributed by atoms with Gasteiger partial charge in [-0.2, -0.15) is 0 Å². The first-order valence-electron chi connectivity index (χ1n) is 18.8. The molecule has 272 valence electrons. The van der Waals surface area contributed by atoms with Gasteiger partial charge in [0.05, 0.1) is 22.7 Å². The molecule has 0 saturated heterocycles. The number of hydrogen-bond donors (Lipinski definition) is 0. The standard InChI is InChI=1S/C48H41N7O/c1-31-14-18-33(19-15-31)45-50-46(34-20-16-32(2)17-21-34)52-47(51-45)40-28-39-38-11-7-8-12-41(38)55(44-13-9-10-22-49-44)42(39)29-43(40)56-37-26-35(48(3,4)5)25-36(27-37)54-24-23-53(6)30-54/h7-29H,1-6H3/q+2. The molecular formula is C48H41N7O+2. The minimum Gasteiger partial charge on any atom is -0.456 e. The Labute approximate surface area is 326 Å². The van der Waals surface area contributed by atoms with E-state index in [9.17, 15) is 0 Å². The molecule has 1 aliphatic rings. The maximum absolute atomic E-state index is 7.12.